The van der Waals surface area contributed by atoms with Gasteiger partial charge in [-0.05, 0) is 50.4 Å². The fraction of sp³-hybridized carbons (Fsp3) is 0.625. The molecule has 0 saturated heterocycles. The summed E-state index contributed by atoms with van der Waals surface area (Å²) in [6.45, 7) is 4.69. The highest BCUT2D eigenvalue weighted by Gasteiger charge is 2.23. The van der Waals surface area contributed by atoms with Gasteiger partial charge in [0, 0.05) is 29.7 Å². The molecular weight excluding hydrogens is 316 g/mol. The van der Waals surface area contributed by atoms with Gasteiger partial charge in [0.2, 0.25) is 0 Å². The van der Waals surface area contributed by atoms with Gasteiger partial charge in [-0.3, -0.25) is 4.90 Å². The molecule has 1 aliphatic rings. The van der Waals surface area contributed by atoms with Gasteiger partial charge < -0.3 is 10.5 Å². The Morgan fingerprint density at radius 1 is 1.35 bits per heavy atom. The summed E-state index contributed by atoms with van der Waals surface area (Å²) in [5, 5.41) is 0. The molecule has 4 heteroatoms. The van der Waals surface area contributed by atoms with Crippen molar-refractivity contribution in [3.63, 3.8) is 0 Å². The van der Waals surface area contributed by atoms with E-state index in [1.165, 1.54) is 18.4 Å². The number of likely N-dealkylation sites (N-methyl/N-ethyl adjacent to an activating group) is 1. The van der Waals surface area contributed by atoms with E-state index in [0.717, 1.165) is 30.1 Å². The van der Waals surface area contributed by atoms with Crippen LogP contribution < -0.4 is 5.73 Å². The molecule has 0 bridgehead atoms. The molecule has 0 heterocycles. The average molecular weight is 341 g/mol. The summed E-state index contributed by atoms with van der Waals surface area (Å²) in [6.07, 6.45) is 2.69. The van der Waals surface area contributed by atoms with E-state index in [4.69, 9.17) is 10.5 Å². The van der Waals surface area contributed by atoms with Crippen LogP contribution in [-0.4, -0.2) is 37.7 Å². The minimum atomic E-state index is 0.0876. The van der Waals surface area contributed by atoms with Gasteiger partial charge in [0.05, 0.1) is 6.61 Å². The Labute approximate surface area is 130 Å². The van der Waals surface area contributed by atoms with E-state index in [0.29, 0.717) is 0 Å². The largest absolute Gasteiger partial charge is 0.380 e. The van der Waals surface area contributed by atoms with Crippen LogP contribution in [0.2, 0.25) is 0 Å². The summed E-state index contributed by atoms with van der Waals surface area (Å²) in [6, 6.07) is 8.74. The lowest BCUT2D eigenvalue weighted by molar-refractivity contribution is 0.0875. The highest BCUT2D eigenvalue weighted by atomic mass is 79.9. The summed E-state index contributed by atoms with van der Waals surface area (Å²) in [7, 11) is 2.12. The Kier molecular flexibility index (Phi) is 6.02. The predicted molar refractivity (Wildman–Crippen MR) is 86.7 cm³/mol. The minimum Gasteiger partial charge on any atom is -0.380 e. The van der Waals surface area contributed by atoms with Gasteiger partial charge in [-0.25, -0.2) is 0 Å². The number of rotatable bonds is 8. The molecule has 2 atom stereocenters. The van der Waals surface area contributed by atoms with Crippen molar-refractivity contribution in [3.8, 4) is 0 Å². The Morgan fingerprint density at radius 3 is 2.55 bits per heavy atom. The van der Waals surface area contributed by atoms with Crippen LogP contribution in [0.1, 0.15) is 31.4 Å². The Balaban J connectivity index is 1.87. The summed E-state index contributed by atoms with van der Waals surface area (Å²) in [4.78, 5) is 2.29. The molecule has 0 amide bonds. The van der Waals surface area contributed by atoms with Crippen molar-refractivity contribution >= 4 is 15.9 Å². The zero-order valence-electron chi connectivity index (χ0n) is 12.4. The second-order valence-corrected chi connectivity index (χ2v) is 6.77. The number of benzene rings is 1. The van der Waals surface area contributed by atoms with E-state index in [1.54, 1.807) is 0 Å². The van der Waals surface area contributed by atoms with Gasteiger partial charge in [0.1, 0.15) is 0 Å². The molecule has 1 aliphatic carbocycles. The third kappa shape index (κ3) is 4.85. The summed E-state index contributed by atoms with van der Waals surface area (Å²) < 4.78 is 6.82. The molecule has 0 aliphatic heterocycles. The third-order valence-corrected chi connectivity index (χ3v) is 4.35. The SMILES string of the molecule is CC(N)C(c1ccc(Br)cc1)N(C)CCOCC1CC1. The van der Waals surface area contributed by atoms with Crippen LogP contribution in [0.4, 0.5) is 0 Å². The maximum absolute atomic E-state index is 6.18. The smallest absolute Gasteiger partial charge is 0.0593 e. The first-order chi connectivity index (χ1) is 9.58. The molecule has 0 spiro atoms. The van der Waals surface area contributed by atoms with Crippen molar-refractivity contribution in [2.45, 2.75) is 31.8 Å². The minimum absolute atomic E-state index is 0.0876. The van der Waals surface area contributed by atoms with Crippen LogP contribution in [0.3, 0.4) is 0 Å². The van der Waals surface area contributed by atoms with E-state index >= 15 is 0 Å². The molecular formula is C16H25BrN2O. The van der Waals surface area contributed by atoms with Gasteiger partial charge in [-0.1, -0.05) is 28.1 Å². The molecule has 2 unspecified atom stereocenters. The second kappa shape index (κ2) is 7.55. The molecule has 2 rings (SSSR count). The predicted octanol–water partition coefficient (Wildman–Crippen LogP) is 3.20. The summed E-state index contributed by atoms with van der Waals surface area (Å²) in [5.41, 5.74) is 7.43. The lowest BCUT2D eigenvalue weighted by Gasteiger charge is -2.31. The highest BCUT2D eigenvalue weighted by Crippen LogP contribution is 2.29. The molecule has 1 fully saturated rings. The first-order valence-electron chi connectivity index (χ1n) is 7.37. The Bertz CT molecular complexity index is 403. The molecule has 0 aromatic heterocycles. The number of nitrogens with two attached hydrogens (primary N) is 1. The topological polar surface area (TPSA) is 38.5 Å². The van der Waals surface area contributed by atoms with Crippen molar-refractivity contribution in [1.29, 1.82) is 0 Å². The lowest BCUT2D eigenvalue weighted by Crippen LogP contribution is -2.38. The second-order valence-electron chi connectivity index (χ2n) is 5.85. The molecule has 3 nitrogen and oxygen atoms in total. The number of halogens is 1. The van der Waals surface area contributed by atoms with Crippen LogP contribution in [-0.2, 0) is 4.74 Å². The van der Waals surface area contributed by atoms with Gasteiger partial charge in [-0.15, -0.1) is 0 Å². The fourth-order valence-electron chi connectivity index (χ4n) is 2.50. The summed E-state index contributed by atoms with van der Waals surface area (Å²) in [5.74, 6) is 0.830. The molecule has 1 saturated carbocycles. The standard InChI is InChI=1S/C16H25BrN2O/c1-12(18)16(14-5-7-15(17)8-6-14)19(2)9-10-20-11-13-3-4-13/h5-8,12-13,16H,3-4,9-11,18H2,1-2H3. The van der Waals surface area contributed by atoms with Crippen LogP contribution in [0.5, 0.6) is 0 Å². The molecule has 2 N–H and O–H groups in total. The Morgan fingerprint density at radius 2 is 2.00 bits per heavy atom. The quantitative estimate of drug-likeness (QED) is 0.738. The van der Waals surface area contributed by atoms with Gasteiger partial charge in [0.25, 0.3) is 0 Å². The van der Waals surface area contributed by atoms with Gasteiger partial charge >= 0.3 is 0 Å². The molecule has 112 valence electrons. The van der Waals surface area contributed by atoms with Crippen molar-refractivity contribution in [2.75, 3.05) is 26.8 Å². The number of ether oxygens (including phenoxy) is 1. The normalized spacial score (nSPS) is 18.2. The number of hydrogen-bond acceptors (Lipinski definition) is 3. The first kappa shape index (κ1) is 16.0. The highest BCUT2D eigenvalue weighted by molar-refractivity contribution is 9.10. The zero-order valence-corrected chi connectivity index (χ0v) is 14.0. The van der Waals surface area contributed by atoms with Gasteiger partial charge in [-0.2, -0.15) is 0 Å². The van der Waals surface area contributed by atoms with E-state index < -0.39 is 0 Å². The van der Waals surface area contributed by atoms with Crippen molar-refractivity contribution in [1.82, 2.24) is 4.90 Å². The first-order valence-corrected chi connectivity index (χ1v) is 8.16. The molecule has 0 radical (unpaired) electrons. The fourth-order valence-corrected chi connectivity index (χ4v) is 2.77. The maximum Gasteiger partial charge on any atom is 0.0593 e. The zero-order chi connectivity index (χ0) is 14.5. The lowest BCUT2D eigenvalue weighted by atomic mass is 10.00. The van der Waals surface area contributed by atoms with Crippen LogP contribution in [0.25, 0.3) is 0 Å². The molecule has 20 heavy (non-hydrogen) atoms. The molecule has 1 aromatic carbocycles. The monoisotopic (exact) mass is 340 g/mol. The Hall–Kier alpha value is -0.420. The van der Waals surface area contributed by atoms with Crippen LogP contribution in [0.15, 0.2) is 28.7 Å². The van der Waals surface area contributed by atoms with Crippen molar-refractivity contribution in [3.05, 3.63) is 34.3 Å². The summed E-state index contributed by atoms with van der Waals surface area (Å²) >= 11 is 3.47. The van der Waals surface area contributed by atoms with E-state index in [-0.39, 0.29) is 12.1 Å². The van der Waals surface area contributed by atoms with Crippen molar-refractivity contribution in [2.24, 2.45) is 11.7 Å². The van der Waals surface area contributed by atoms with E-state index in [2.05, 4.69) is 59.1 Å². The van der Waals surface area contributed by atoms with E-state index in [1.807, 2.05) is 0 Å². The van der Waals surface area contributed by atoms with E-state index in [9.17, 15) is 0 Å². The van der Waals surface area contributed by atoms with Crippen molar-refractivity contribution < 1.29 is 4.74 Å². The van der Waals surface area contributed by atoms with Crippen LogP contribution in [0, 0.1) is 5.92 Å². The number of nitrogens with zero attached hydrogens (tertiary/aromatic N) is 1. The van der Waals surface area contributed by atoms with Gasteiger partial charge in [0.15, 0.2) is 0 Å². The van der Waals surface area contributed by atoms with Crippen LogP contribution >= 0.6 is 15.9 Å². The number of hydrogen-bond donors (Lipinski definition) is 1. The third-order valence-electron chi connectivity index (χ3n) is 3.82. The molecule has 1 aromatic rings. The maximum atomic E-state index is 6.18. The average Bonchev–Trinajstić information content (AvgIpc) is 3.21.